The van der Waals surface area contributed by atoms with Gasteiger partial charge in [0.1, 0.15) is 0 Å². The summed E-state index contributed by atoms with van der Waals surface area (Å²) in [5.74, 6) is 0.580. The van der Waals surface area contributed by atoms with E-state index in [1.165, 1.54) is 0 Å². The second-order valence-corrected chi connectivity index (χ2v) is 3.12. The smallest absolute Gasteiger partial charge is 0.221 e. The lowest BCUT2D eigenvalue weighted by Gasteiger charge is -2.14. The highest BCUT2D eigenvalue weighted by Crippen LogP contribution is 2.31. The number of ether oxygens (including phenoxy) is 3. The molecule has 1 aliphatic heterocycles. The Morgan fingerprint density at radius 2 is 1.94 bits per heavy atom. The predicted octanol–water partition coefficient (Wildman–Crippen LogP) is 2.47. The summed E-state index contributed by atoms with van der Waals surface area (Å²) in [5, 5.41) is 0. The van der Waals surface area contributed by atoms with Gasteiger partial charge in [-0.3, -0.25) is 0 Å². The third-order valence-corrected chi connectivity index (χ3v) is 2.22. The third kappa shape index (κ3) is 2.71. The highest BCUT2D eigenvalue weighted by molar-refractivity contribution is 5.34. The number of aromatic nitrogens is 1. The maximum Gasteiger partial charge on any atom is 0.221 e. The number of methoxy groups -OCH3 is 1. The van der Waals surface area contributed by atoms with Crippen LogP contribution in [0.1, 0.15) is 31.3 Å². The second kappa shape index (κ2) is 6.45. The molecule has 0 amide bonds. The number of nitrogens with zero attached hydrogens (tertiary/aromatic N) is 1. The summed E-state index contributed by atoms with van der Waals surface area (Å²) >= 11 is 0. The molecule has 0 bridgehead atoms. The predicted molar refractivity (Wildman–Crippen MR) is 61.5 cm³/mol. The molecule has 0 saturated carbocycles. The van der Waals surface area contributed by atoms with Crippen LogP contribution < -0.4 is 4.74 Å². The van der Waals surface area contributed by atoms with Crippen molar-refractivity contribution in [1.29, 1.82) is 0 Å². The van der Waals surface area contributed by atoms with Crippen molar-refractivity contribution in [2.75, 3.05) is 20.3 Å². The van der Waals surface area contributed by atoms with Gasteiger partial charge in [-0.1, -0.05) is 13.8 Å². The molecule has 0 aliphatic carbocycles. The molecule has 0 atom stereocenters. The Kier molecular flexibility index (Phi) is 5.22. The number of aryl methyl sites for hydroxylation is 1. The highest BCUT2D eigenvalue weighted by Gasteiger charge is 2.24. The molecular formula is C12H19NO3. The van der Waals surface area contributed by atoms with Crippen LogP contribution in [0, 0.1) is 6.92 Å². The summed E-state index contributed by atoms with van der Waals surface area (Å²) in [7, 11) is 1.60. The number of rotatable bonds is 2. The van der Waals surface area contributed by atoms with E-state index >= 15 is 0 Å². The Labute approximate surface area is 96.5 Å². The molecule has 0 radical (unpaired) electrons. The molecule has 1 aromatic heterocycles. The molecule has 0 aromatic carbocycles. The lowest BCUT2D eigenvalue weighted by atomic mass is 10.1. The van der Waals surface area contributed by atoms with E-state index in [1.807, 2.05) is 26.8 Å². The van der Waals surface area contributed by atoms with E-state index < -0.39 is 0 Å². The summed E-state index contributed by atoms with van der Waals surface area (Å²) in [6.45, 7) is 7.24. The number of pyridine rings is 1. The topological polar surface area (TPSA) is 40.6 Å². The van der Waals surface area contributed by atoms with Gasteiger partial charge in [-0.2, -0.15) is 0 Å². The van der Waals surface area contributed by atoms with Gasteiger partial charge in [-0.15, -0.1) is 0 Å². The van der Waals surface area contributed by atoms with Gasteiger partial charge in [0.15, 0.2) is 6.29 Å². The quantitative estimate of drug-likeness (QED) is 0.775. The van der Waals surface area contributed by atoms with E-state index in [-0.39, 0.29) is 6.29 Å². The van der Waals surface area contributed by atoms with E-state index in [0.717, 1.165) is 11.1 Å². The van der Waals surface area contributed by atoms with Crippen molar-refractivity contribution in [3.63, 3.8) is 0 Å². The van der Waals surface area contributed by atoms with Gasteiger partial charge in [0.2, 0.25) is 5.88 Å². The Hall–Kier alpha value is -1.13. The van der Waals surface area contributed by atoms with Crippen molar-refractivity contribution in [1.82, 2.24) is 4.98 Å². The van der Waals surface area contributed by atoms with Gasteiger partial charge in [-0.25, -0.2) is 4.98 Å². The van der Waals surface area contributed by atoms with Crippen LogP contribution in [0.3, 0.4) is 0 Å². The van der Waals surface area contributed by atoms with Crippen molar-refractivity contribution < 1.29 is 14.2 Å². The molecule has 1 fully saturated rings. The molecule has 2 heterocycles. The normalized spacial score (nSPS) is 15.5. The molecule has 1 aromatic rings. The lowest BCUT2D eigenvalue weighted by molar-refractivity contribution is -0.0462. The molecule has 1 aliphatic rings. The van der Waals surface area contributed by atoms with Gasteiger partial charge in [-0.05, 0) is 18.6 Å². The van der Waals surface area contributed by atoms with Gasteiger partial charge in [0, 0.05) is 6.20 Å². The Balaban J connectivity index is 0.000000606. The van der Waals surface area contributed by atoms with Crippen molar-refractivity contribution in [3.8, 4) is 5.88 Å². The lowest BCUT2D eigenvalue weighted by Crippen LogP contribution is -2.05. The summed E-state index contributed by atoms with van der Waals surface area (Å²) < 4.78 is 16.0. The third-order valence-electron chi connectivity index (χ3n) is 2.22. The minimum Gasteiger partial charge on any atom is -0.481 e. The van der Waals surface area contributed by atoms with E-state index in [4.69, 9.17) is 14.2 Å². The van der Waals surface area contributed by atoms with Gasteiger partial charge in [0.05, 0.1) is 25.9 Å². The summed E-state index contributed by atoms with van der Waals surface area (Å²) in [6.07, 6.45) is 1.39. The minimum atomic E-state index is -0.321. The summed E-state index contributed by atoms with van der Waals surface area (Å²) in [4.78, 5) is 4.12. The van der Waals surface area contributed by atoms with Gasteiger partial charge < -0.3 is 14.2 Å². The average molecular weight is 225 g/mol. The van der Waals surface area contributed by atoms with E-state index in [1.54, 1.807) is 13.3 Å². The van der Waals surface area contributed by atoms with Crippen molar-refractivity contribution in [2.24, 2.45) is 0 Å². The standard InChI is InChI=1S/C10H13NO3.C2H6/c1-7-3-4-11-9(12-2)8(7)10-13-5-6-14-10;1-2/h3-4,10H,5-6H2,1-2H3;1-2H3. The second-order valence-electron chi connectivity index (χ2n) is 3.12. The van der Waals surface area contributed by atoms with Crippen molar-refractivity contribution in [3.05, 3.63) is 23.4 Å². The van der Waals surface area contributed by atoms with Crippen LogP contribution in [0.2, 0.25) is 0 Å². The van der Waals surface area contributed by atoms with Crippen LogP contribution in [0.15, 0.2) is 12.3 Å². The van der Waals surface area contributed by atoms with Crippen LogP contribution in [0.5, 0.6) is 5.88 Å². The zero-order chi connectivity index (χ0) is 12.0. The first-order valence-corrected chi connectivity index (χ1v) is 5.55. The SMILES string of the molecule is CC.COc1nccc(C)c1C1OCCO1. The Bertz CT molecular complexity index is 322. The molecule has 90 valence electrons. The molecule has 16 heavy (non-hydrogen) atoms. The number of hydrogen-bond donors (Lipinski definition) is 0. The van der Waals surface area contributed by atoms with Gasteiger partial charge >= 0.3 is 0 Å². The summed E-state index contributed by atoms with van der Waals surface area (Å²) in [6, 6.07) is 1.92. The first kappa shape index (κ1) is 12.9. The maximum absolute atomic E-state index is 5.42. The summed E-state index contributed by atoms with van der Waals surface area (Å²) in [5.41, 5.74) is 1.97. The van der Waals surface area contributed by atoms with Gasteiger partial charge in [0.25, 0.3) is 0 Å². The Morgan fingerprint density at radius 3 is 2.50 bits per heavy atom. The maximum atomic E-state index is 5.42. The van der Waals surface area contributed by atoms with Crippen molar-refractivity contribution >= 4 is 0 Å². The molecular weight excluding hydrogens is 206 g/mol. The number of hydrogen-bond acceptors (Lipinski definition) is 4. The molecule has 4 nitrogen and oxygen atoms in total. The highest BCUT2D eigenvalue weighted by atomic mass is 16.7. The first-order valence-electron chi connectivity index (χ1n) is 5.55. The first-order chi connectivity index (χ1) is 7.83. The fraction of sp³-hybridized carbons (Fsp3) is 0.583. The van der Waals surface area contributed by atoms with Crippen LogP contribution in [0.25, 0.3) is 0 Å². The average Bonchev–Trinajstić information content (AvgIpc) is 2.84. The Morgan fingerprint density at radius 1 is 1.31 bits per heavy atom. The zero-order valence-electron chi connectivity index (χ0n) is 10.3. The fourth-order valence-electron chi connectivity index (χ4n) is 1.52. The molecule has 0 unspecified atom stereocenters. The molecule has 2 rings (SSSR count). The van der Waals surface area contributed by atoms with Crippen LogP contribution >= 0.6 is 0 Å². The minimum absolute atomic E-state index is 0.321. The van der Waals surface area contributed by atoms with Crippen LogP contribution in [-0.2, 0) is 9.47 Å². The van der Waals surface area contributed by atoms with Crippen molar-refractivity contribution in [2.45, 2.75) is 27.1 Å². The van der Waals surface area contributed by atoms with E-state index in [9.17, 15) is 0 Å². The fourth-order valence-corrected chi connectivity index (χ4v) is 1.52. The van der Waals surface area contributed by atoms with Crippen LogP contribution in [0.4, 0.5) is 0 Å². The van der Waals surface area contributed by atoms with E-state index in [2.05, 4.69) is 4.98 Å². The van der Waals surface area contributed by atoms with Crippen LogP contribution in [-0.4, -0.2) is 25.3 Å². The molecule has 0 spiro atoms. The molecule has 0 N–H and O–H groups in total. The monoisotopic (exact) mass is 225 g/mol. The largest absolute Gasteiger partial charge is 0.481 e. The zero-order valence-corrected chi connectivity index (χ0v) is 10.3. The molecule has 4 heteroatoms. The molecule has 1 saturated heterocycles. The van der Waals surface area contributed by atoms with E-state index in [0.29, 0.717) is 19.1 Å².